The van der Waals surface area contributed by atoms with E-state index < -0.39 is 16.6 Å². The molecule has 0 amide bonds. The Morgan fingerprint density at radius 3 is 2.42 bits per heavy atom. The van der Waals surface area contributed by atoms with Crippen molar-refractivity contribution in [2.75, 3.05) is 0 Å². The van der Waals surface area contributed by atoms with Crippen molar-refractivity contribution in [3.05, 3.63) is 44.4 Å². The molecule has 0 aromatic heterocycles. The number of aliphatic hydroxyl groups excluding tert-OH is 1. The third-order valence-electron chi connectivity index (χ3n) is 2.82. The van der Waals surface area contributed by atoms with Crippen molar-refractivity contribution in [3.8, 4) is 0 Å². The Bertz CT molecular complexity index is 470. The highest BCUT2D eigenvalue weighted by atomic mass is 79.9. The van der Waals surface area contributed by atoms with E-state index in [9.17, 15) is 20.0 Å². The molecule has 0 bridgehead atoms. The van der Waals surface area contributed by atoms with Crippen LogP contribution in [-0.2, 0) is 0 Å². The first-order valence-corrected chi connectivity index (χ1v) is 6.63. The van der Waals surface area contributed by atoms with Gasteiger partial charge in [-0.05, 0) is 12.1 Å². The molecule has 1 N–H and O–H groups in total. The molecule has 0 heterocycles. The van der Waals surface area contributed by atoms with Crippen LogP contribution in [0.25, 0.3) is 0 Å². The fraction of sp³-hybridized carbons (Fsp3) is 0.462. The highest BCUT2D eigenvalue weighted by Gasteiger charge is 2.34. The predicted molar refractivity (Wildman–Crippen MR) is 74.8 cm³/mol. The number of Topliss-reactive ketones (excluding diaryl/α,β-unsaturated/α-hetero) is 1. The average Bonchev–Trinajstić information content (AvgIpc) is 2.28. The van der Waals surface area contributed by atoms with Gasteiger partial charge in [0.25, 0.3) is 0 Å². The zero-order valence-corrected chi connectivity index (χ0v) is 12.4. The van der Waals surface area contributed by atoms with Crippen molar-refractivity contribution in [1.82, 2.24) is 0 Å². The predicted octanol–water partition coefficient (Wildman–Crippen LogP) is 2.83. The summed E-state index contributed by atoms with van der Waals surface area (Å²) >= 11 is 3.27. The lowest BCUT2D eigenvalue weighted by Gasteiger charge is -2.19. The van der Waals surface area contributed by atoms with Crippen LogP contribution in [0.15, 0.2) is 28.7 Å². The Balaban J connectivity index is 2.62. The number of nitro groups is 1. The van der Waals surface area contributed by atoms with E-state index in [1.165, 1.54) is 13.8 Å². The molecule has 0 aliphatic heterocycles. The van der Waals surface area contributed by atoms with Crippen molar-refractivity contribution < 1.29 is 14.8 Å². The fourth-order valence-electron chi connectivity index (χ4n) is 1.69. The molecule has 1 rings (SSSR count). The van der Waals surface area contributed by atoms with Crippen LogP contribution in [0, 0.1) is 10.1 Å². The third kappa shape index (κ3) is 4.72. The van der Waals surface area contributed by atoms with Gasteiger partial charge in [-0.15, -0.1) is 0 Å². The number of benzene rings is 1. The van der Waals surface area contributed by atoms with Gasteiger partial charge in [0.1, 0.15) is 0 Å². The second-order valence-corrected chi connectivity index (χ2v) is 5.98. The Hall–Kier alpha value is -1.27. The smallest absolute Gasteiger partial charge is 0.219 e. The molecule has 104 valence electrons. The van der Waals surface area contributed by atoms with Gasteiger partial charge in [0.05, 0.1) is 6.10 Å². The number of carbonyl (C=O) groups is 1. The van der Waals surface area contributed by atoms with Gasteiger partial charge in [-0.1, -0.05) is 28.1 Å². The van der Waals surface area contributed by atoms with Crippen LogP contribution >= 0.6 is 15.9 Å². The summed E-state index contributed by atoms with van der Waals surface area (Å²) in [6.07, 6.45) is -1.18. The van der Waals surface area contributed by atoms with Crippen LogP contribution in [0.1, 0.15) is 37.0 Å². The number of hydrogen-bond acceptors (Lipinski definition) is 4. The molecule has 0 fully saturated rings. The SMILES string of the molecule is CC(C)(CC(O)CC(=O)c1ccc(Br)cc1)[N+](=O)[O-]. The summed E-state index contributed by atoms with van der Waals surface area (Å²) in [5, 5.41) is 20.5. The standard InChI is InChI=1S/C13H16BrNO4/c1-13(2,15(18)19)8-11(16)7-12(17)9-3-5-10(14)6-4-9/h3-6,11,16H,7-8H2,1-2H3. The van der Waals surface area contributed by atoms with Crippen LogP contribution in [0.2, 0.25) is 0 Å². The van der Waals surface area contributed by atoms with Crippen molar-refractivity contribution >= 4 is 21.7 Å². The number of aliphatic hydroxyl groups is 1. The minimum atomic E-state index is -1.24. The van der Waals surface area contributed by atoms with Crippen LogP contribution in [-0.4, -0.2) is 27.5 Å². The lowest BCUT2D eigenvalue weighted by Crippen LogP contribution is -2.35. The molecule has 19 heavy (non-hydrogen) atoms. The van der Waals surface area contributed by atoms with Crippen molar-refractivity contribution in [2.45, 2.75) is 38.3 Å². The minimum Gasteiger partial charge on any atom is -0.392 e. The van der Waals surface area contributed by atoms with Gasteiger partial charge in [0, 0.05) is 41.6 Å². The maximum Gasteiger partial charge on any atom is 0.219 e. The first-order chi connectivity index (χ1) is 8.72. The number of halogens is 1. The number of nitrogens with zero attached hydrogens (tertiary/aromatic N) is 1. The van der Waals surface area contributed by atoms with Gasteiger partial charge in [-0.2, -0.15) is 0 Å². The minimum absolute atomic E-state index is 0.0533. The first-order valence-electron chi connectivity index (χ1n) is 5.84. The highest BCUT2D eigenvalue weighted by molar-refractivity contribution is 9.10. The van der Waals surface area contributed by atoms with Gasteiger partial charge in [0.2, 0.25) is 5.54 Å². The Kier molecular flexibility index (Phi) is 5.20. The molecule has 0 radical (unpaired) electrons. The molecule has 1 aromatic carbocycles. The van der Waals surface area contributed by atoms with Crippen LogP contribution in [0.4, 0.5) is 0 Å². The van der Waals surface area contributed by atoms with E-state index in [1.807, 2.05) is 0 Å². The molecule has 1 aromatic rings. The van der Waals surface area contributed by atoms with Gasteiger partial charge in [-0.3, -0.25) is 14.9 Å². The largest absolute Gasteiger partial charge is 0.392 e. The second-order valence-electron chi connectivity index (χ2n) is 5.06. The van der Waals surface area contributed by atoms with E-state index in [1.54, 1.807) is 24.3 Å². The molecule has 0 spiro atoms. The highest BCUT2D eigenvalue weighted by Crippen LogP contribution is 2.19. The first kappa shape index (κ1) is 15.8. The summed E-state index contributed by atoms with van der Waals surface area (Å²) in [5.41, 5.74) is -0.750. The molecule has 0 aliphatic rings. The normalized spacial score (nSPS) is 13.1. The summed E-state index contributed by atoms with van der Waals surface area (Å²) in [6.45, 7) is 2.86. The van der Waals surface area contributed by atoms with Crippen molar-refractivity contribution in [1.29, 1.82) is 0 Å². The summed E-state index contributed by atoms with van der Waals surface area (Å²) in [7, 11) is 0. The zero-order chi connectivity index (χ0) is 14.6. The number of ketones is 1. The lowest BCUT2D eigenvalue weighted by atomic mass is 9.94. The van der Waals surface area contributed by atoms with Crippen molar-refractivity contribution in [3.63, 3.8) is 0 Å². The molecule has 5 nitrogen and oxygen atoms in total. The average molecular weight is 330 g/mol. The topological polar surface area (TPSA) is 80.4 Å². The monoisotopic (exact) mass is 329 g/mol. The third-order valence-corrected chi connectivity index (χ3v) is 3.35. The molecular weight excluding hydrogens is 314 g/mol. The van der Waals surface area contributed by atoms with Gasteiger partial charge < -0.3 is 5.11 Å². The molecule has 0 saturated heterocycles. The van der Waals surface area contributed by atoms with Crippen LogP contribution in [0.5, 0.6) is 0 Å². The van der Waals surface area contributed by atoms with E-state index in [2.05, 4.69) is 15.9 Å². The Morgan fingerprint density at radius 2 is 1.95 bits per heavy atom. The zero-order valence-electron chi connectivity index (χ0n) is 10.8. The van der Waals surface area contributed by atoms with E-state index >= 15 is 0 Å². The van der Waals surface area contributed by atoms with Crippen molar-refractivity contribution in [2.24, 2.45) is 0 Å². The molecular formula is C13H16BrNO4. The molecule has 0 aliphatic carbocycles. The number of carbonyl (C=O) groups excluding carboxylic acids is 1. The lowest BCUT2D eigenvalue weighted by molar-refractivity contribution is -0.563. The van der Waals surface area contributed by atoms with E-state index in [-0.39, 0.29) is 18.6 Å². The summed E-state index contributed by atoms with van der Waals surface area (Å²) < 4.78 is 0.860. The van der Waals surface area contributed by atoms with Gasteiger partial charge in [-0.25, -0.2) is 0 Å². The Morgan fingerprint density at radius 1 is 1.42 bits per heavy atom. The van der Waals surface area contributed by atoms with E-state index in [4.69, 9.17) is 0 Å². The van der Waals surface area contributed by atoms with E-state index in [0.29, 0.717) is 5.56 Å². The fourth-order valence-corrected chi connectivity index (χ4v) is 1.96. The molecule has 1 atom stereocenters. The maximum absolute atomic E-state index is 11.9. The second kappa shape index (κ2) is 6.25. The summed E-state index contributed by atoms with van der Waals surface area (Å²) in [6, 6.07) is 6.77. The maximum atomic E-state index is 11.9. The van der Waals surface area contributed by atoms with Crippen LogP contribution < -0.4 is 0 Å². The van der Waals surface area contributed by atoms with Crippen LogP contribution in [0.3, 0.4) is 0 Å². The number of hydrogen-bond donors (Lipinski definition) is 1. The van der Waals surface area contributed by atoms with Gasteiger partial charge in [0.15, 0.2) is 5.78 Å². The van der Waals surface area contributed by atoms with E-state index in [0.717, 1.165) is 4.47 Å². The number of rotatable bonds is 6. The Labute approximate surface area is 119 Å². The van der Waals surface area contributed by atoms with Gasteiger partial charge >= 0.3 is 0 Å². The summed E-state index contributed by atoms with van der Waals surface area (Å²) in [4.78, 5) is 22.2. The summed E-state index contributed by atoms with van der Waals surface area (Å²) in [5.74, 6) is -0.223. The molecule has 1 unspecified atom stereocenters. The quantitative estimate of drug-likeness (QED) is 0.494. The molecule has 0 saturated carbocycles. The molecule has 6 heteroatoms.